The van der Waals surface area contributed by atoms with Gasteiger partial charge in [0.15, 0.2) is 0 Å². The summed E-state index contributed by atoms with van der Waals surface area (Å²) in [5.74, 6) is 1.38. The highest BCUT2D eigenvalue weighted by Crippen LogP contribution is 2.23. The number of rotatable bonds is 3. The van der Waals surface area contributed by atoms with E-state index in [4.69, 9.17) is 9.72 Å². The molecule has 1 aliphatic heterocycles. The van der Waals surface area contributed by atoms with Crippen molar-refractivity contribution in [3.05, 3.63) is 47.0 Å². The van der Waals surface area contributed by atoms with Crippen LogP contribution in [0.4, 0.5) is 5.95 Å². The van der Waals surface area contributed by atoms with E-state index in [1.807, 2.05) is 31.3 Å². The van der Waals surface area contributed by atoms with E-state index in [2.05, 4.69) is 35.8 Å². The van der Waals surface area contributed by atoms with Crippen LogP contribution in [0, 0.1) is 6.92 Å². The number of hydrogen-bond acceptors (Lipinski definition) is 6. The Balaban J connectivity index is 1.42. The molecule has 3 heterocycles. The SMILES string of the molecule is Cc1cncc(OC2CCN(c3ncc4cc(Br)ccc4n3)CC2)n1. The van der Waals surface area contributed by atoms with E-state index in [1.165, 1.54) is 0 Å². The Bertz CT molecular complexity index is 896. The van der Waals surface area contributed by atoms with Gasteiger partial charge in [0, 0.05) is 48.2 Å². The molecule has 0 atom stereocenters. The summed E-state index contributed by atoms with van der Waals surface area (Å²) in [6, 6.07) is 6.04. The molecule has 1 saturated heterocycles. The van der Waals surface area contributed by atoms with Crippen molar-refractivity contribution >= 4 is 32.8 Å². The van der Waals surface area contributed by atoms with Gasteiger partial charge >= 0.3 is 0 Å². The smallest absolute Gasteiger partial charge is 0.232 e. The fraction of sp³-hybridized carbons (Fsp3) is 0.333. The van der Waals surface area contributed by atoms with E-state index >= 15 is 0 Å². The van der Waals surface area contributed by atoms with Gasteiger partial charge in [-0.3, -0.25) is 4.98 Å². The quantitative estimate of drug-likeness (QED) is 0.670. The topological polar surface area (TPSA) is 64.0 Å². The van der Waals surface area contributed by atoms with E-state index in [9.17, 15) is 0 Å². The van der Waals surface area contributed by atoms with Crippen molar-refractivity contribution in [3.63, 3.8) is 0 Å². The zero-order valence-corrected chi connectivity index (χ0v) is 15.5. The number of aryl methyl sites for hydroxylation is 1. The highest BCUT2D eigenvalue weighted by atomic mass is 79.9. The second-order valence-electron chi connectivity index (χ2n) is 6.18. The molecule has 7 heteroatoms. The van der Waals surface area contributed by atoms with E-state index in [1.54, 1.807) is 12.4 Å². The third-order valence-corrected chi connectivity index (χ3v) is 4.77. The normalized spacial score (nSPS) is 15.5. The summed E-state index contributed by atoms with van der Waals surface area (Å²) in [5.41, 5.74) is 1.83. The van der Waals surface area contributed by atoms with Crippen molar-refractivity contribution in [1.29, 1.82) is 0 Å². The number of piperidine rings is 1. The molecule has 4 rings (SSSR count). The monoisotopic (exact) mass is 399 g/mol. The van der Waals surface area contributed by atoms with Gasteiger partial charge in [0.1, 0.15) is 6.10 Å². The molecule has 0 unspecified atom stereocenters. The van der Waals surface area contributed by atoms with Crippen LogP contribution in [-0.4, -0.2) is 39.1 Å². The van der Waals surface area contributed by atoms with Crippen LogP contribution >= 0.6 is 15.9 Å². The first-order valence-electron chi connectivity index (χ1n) is 8.30. The minimum atomic E-state index is 0.156. The molecular formula is C18H18BrN5O. The Kier molecular flexibility index (Phi) is 4.48. The van der Waals surface area contributed by atoms with Gasteiger partial charge in [-0.2, -0.15) is 0 Å². The van der Waals surface area contributed by atoms with Gasteiger partial charge in [0.05, 0.1) is 17.4 Å². The summed E-state index contributed by atoms with van der Waals surface area (Å²) in [4.78, 5) is 19.9. The summed E-state index contributed by atoms with van der Waals surface area (Å²) < 4.78 is 6.99. The molecule has 0 saturated carbocycles. The largest absolute Gasteiger partial charge is 0.473 e. The fourth-order valence-corrected chi connectivity index (χ4v) is 3.37. The Hall–Kier alpha value is -2.28. The van der Waals surface area contributed by atoms with Crippen LogP contribution in [0.5, 0.6) is 5.88 Å². The fourth-order valence-electron chi connectivity index (χ4n) is 2.99. The molecule has 0 radical (unpaired) electrons. The predicted octanol–water partition coefficient (Wildman–Crippen LogP) is 3.54. The van der Waals surface area contributed by atoms with Crippen molar-refractivity contribution in [2.45, 2.75) is 25.9 Å². The summed E-state index contributed by atoms with van der Waals surface area (Å²) in [5, 5.41) is 1.04. The van der Waals surface area contributed by atoms with Crippen molar-refractivity contribution in [2.75, 3.05) is 18.0 Å². The van der Waals surface area contributed by atoms with E-state index in [0.717, 1.165) is 52.9 Å². The first kappa shape index (κ1) is 16.2. The minimum absolute atomic E-state index is 0.156. The van der Waals surface area contributed by atoms with Crippen molar-refractivity contribution in [3.8, 4) is 5.88 Å². The number of anilines is 1. The van der Waals surface area contributed by atoms with Gasteiger partial charge in [-0.1, -0.05) is 15.9 Å². The van der Waals surface area contributed by atoms with Gasteiger partial charge in [0.2, 0.25) is 11.8 Å². The lowest BCUT2D eigenvalue weighted by Crippen LogP contribution is -2.39. The van der Waals surface area contributed by atoms with Gasteiger partial charge in [-0.05, 0) is 25.1 Å². The van der Waals surface area contributed by atoms with Crippen LogP contribution < -0.4 is 9.64 Å². The number of benzene rings is 1. The lowest BCUT2D eigenvalue weighted by molar-refractivity contribution is 0.162. The molecule has 1 aliphatic rings. The third kappa shape index (κ3) is 3.71. The number of hydrogen-bond donors (Lipinski definition) is 0. The van der Waals surface area contributed by atoms with Crippen molar-refractivity contribution in [2.24, 2.45) is 0 Å². The van der Waals surface area contributed by atoms with Crippen LogP contribution in [0.25, 0.3) is 10.9 Å². The molecule has 1 fully saturated rings. The Morgan fingerprint density at radius 1 is 1.12 bits per heavy atom. The summed E-state index contributed by atoms with van der Waals surface area (Å²) in [6.45, 7) is 3.65. The van der Waals surface area contributed by atoms with Crippen LogP contribution in [0.3, 0.4) is 0 Å². The van der Waals surface area contributed by atoms with Crippen LogP contribution in [0.2, 0.25) is 0 Å². The molecule has 0 N–H and O–H groups in total. The van der Waals surface area contributed by atoms with E-state index < -0.39 is 0 Å². The van der Waals surface area contributed by atoms with Crippen molar-refractivity contribution in [1.82, 2.24) is 19.9 Å². The van der Waals surface area contributed by atoms with E-state index in [-0.39, 0.29) is 6.10 Å². The maximum atomic E-state index is 5.96. The number of ether oxygens (including phenoxy) is 1. The highest BCUT2D eigenvalue weighted by Gasteiger charge is 2.23. The summed E-state index contributed by atoms with van der Waals surface area (Å²) in [7, 11) is 0. The number of aromatic nitrogens is 4. The number of fused-ring (bicyclic) bond motifs is 1. The molecular weight excluding hydrogens is 382 g/mol. The lowest BCUT2D eigenvalue weighted by atomic mass is 10.1. The molecule has 2 aromatic heterocycles. The lowest BCUT2D eigenvalue weighted by Gasteiger charge is -2.31. The van der Waals surface area contributed by atoms with Gasteiger partial charge in [0.25, 0.3) is 0 Å². The second-order valence-corrected chi connectivity index (χ2v) is 7.09. The summed E-state index contributed by atoms with van der Waals surface area (Å²) >= 11 is 3.48. The molecule has 3 aromatic rings. The Morgan fingerprint density at radius 2 is 1.96 bits per heavy atom. The molecule has 0 amide bonds. The van der Waals surface area contributed by atoms with Gasteiger partial charge in [-0.25, -0.2) is 15.0 Å². The van der Waals surface area contributed by atoms with Gasteiger partial charge in [-0.15, -0.1) is 0 Å². The second kappa shape index (κ2) is 6.92. The average molecular weight is 400 g/mol. The molecule has 0 aliphatic carbocycles. The minimum Gasteiger partial charge on any atom is -0.473 e. The molecule has 128 valence electrons. The molecule has 0 bridgehead atoms. The van der Waals surface area contributed by atoms with Crippen LogP contribution in [0.1, 0.15) is 18.5 Å². The Labute approximate surface area is 154 Å². The molecule has 1 aromatic carbocycles. The van der Waals surface area contributed by atoms with Crippen molar-refractivity contribution < 1.29 is 4.74 Å². The third-order valence-electron chi connectivity index (χ3n) is 4.27. The van der Waals surface area contributed by atoms with Crippen LogP contribution in [0.15, 0.2) is 41.3 Å². The Morgan fingerprint density at radius 3 is 2.76 bits per heavy atom. The maximum absolute atomic E-state index is 5.96. The average Bonchev–Trinajstić information content (AvgIpc) is 2.62. The zero-order valence-electron chi connectivity index (χ0n) is 13.9. The number of nitrogens with zero attached hydrogens (tertiary/aromatic N) is 5. The van der Waals surface area contributed by atoms with E-state index in [0.29, 0.717) is 5.88 Å². The first-order valence-corrected chi connectivity index (χ1v) is 9.09. The molecule has 25 heavy (non-hydrogen) atoms. The summed E-state index contributed by atoms with van der Waals surface area (Å²) in [6.07, 6.45) is 7.26. The van der Waals surface area contributed by atoms with Crippen LogP contribution in [-0.2, 0) is 0 Å². The first-order chi connectivity index (χ1) is 12.2. The predicted molar refractivity (Wildman–Crippen MR) is 99.9 cm³/mol. The standard InChI is InChI=1S/C18H18BrN5O/c1-12-9-20-11-17(22-12)25-15-4-6-24(7-5-15)18-21-10-13-8-14(19)2-3-16(13)23-18/h2-3,8-11,15H,4-7H2,1H3. The highest BCUT2D eigenvalue weighted by molar-refractivity contribution is 9.10. The number of halogens is 1. The van der Waals surface area contributed by atoms with Gasteiger partial charge < -0.3 is 9.64 Å². The zero-order chi connectivity index (χ0) is 17.2. The molecule has 6 nitrogen and oxygen atoms in total. The maximum Gasteiger partial charge on any atom is 0.232 e. The molecule has 0 spiro atoms.